The zero-order valence-corrected chi connectivity index (χ0v) is 10.5. The van der Waals surface area contributed by atoms with Crippen LogP contribution in [0.15, 0.2) is 24.3 Å². The maximum Gasteiger partial charge on any atom is 0.317 e. The monoisotopic (exact) mass is 281 g/mol. The van der Waals surface area contributed by atoms with Gasteiger partial charge in [-0.15, -0.1) is 0 Å². The van der Waals surface area contributed by atoms with Crippen LogP contribution in [0, 0.1) is 10.1 Å². The standard InChI is InChI=1S/C12H11NO7/c1-19-11(15)6-12(16)20-7-10(14)8-2-4-9(5-3-8)13(17)18/h2-5H,6-7H2,1H3. The van der Waals surface area contributed by atoms with E-state index in [-0.39, 0.29) is 11.3 Å². The number of nitro groups is 1. The molecule has 0 atom stereocenters. The molecule has 1 aromatic rings. The molecule has 0 heterocycles. The van der Waals surface area contributed by atoms with E-state index in [2.05, 4.69) is 9.47 Å². The molecule has 0 N–H and O–H groups in total. The van der Waals surface area contributed by atoms with E-state index in [0.717, 1.165) is 7.11 Å². The normalized spacial score (nSPS) is 9.65. The Morgan fingerprint density at radius 2 is 1.75 bits per heavy atom. The summed E-state index contributed by atoms with van der Waals surface area (Å²) >= 11 is 0. The molecular weight excluding hydrogens is 270 g/mol. The lowest BCUT2D eigenvalue weighted by Gasteiger charge is -2.03. The van der Waals surface area contributed by atoms with Gasteiger partial charge in [0.1, 0.15) is 6.42 Å². The van der Waals surface area contributed by atoms with Gasteiger partial charge >= 0.3 is 11.9 Å². The molecule has 8 heteroatoms. The average molecular weight is 281 g/mol. The smallest absolute Gasteiger partial charge is 0.317 e. The number of esters is 2. The van der Waals surface area contributed by atoms with Crippen molar-refractivity contribution in [2.45, 2.75) is 6.42 Å². The first-order valence-electron chi connectivity index (χ1n) is 5.44. The summed E-state index contributed by atoms with van der Waals surface area (Å²) in [4.78, 5) is 43.4. The molecule has 0 aromatic heterocycles. The Labute approximate surface area is 113 Å². The van der Waals surface area contributed by atoms with E-state index in [1.807, 2.05) is 0 Å². The van der Waals surface area contributed by atoms with Crippen LogP contribution in [-0.2, 0) is 19.1 Å². The number of carbonyl (C=O) groups is 3. The van der Waals surface area contributed by atoms with E-state index in [9.17, 15) is 24.5 Å². The first-order valence-corrected chi connectivity index (χ1v) is 5.44. The van der Waals surface area contributed by atoms with Gasteiger partial charge in [0.25, 0.3) is 5.69 Å². The van der Waals surface area contributed by atoms with E-state index in [1.54, 1.807) is 0 Å². The lowest BCUT2D eigenvalue weighted by molar-refractivity contribution is -0.384. The number of rotatable bonds is 6. The van der Waals surface area contributed by atoms with Crippen molar-refractivity contribution in [2.75, 3.05) is 13.7 Å². The summed E-state index contributed by atoms with van der Waals surface area (Å²) in [5.41, 5.74) is 0.0192. The van der Waals surface area contributed by atoms with Crippen molar-refractivity contribution in [3.05, 3.63) is 39.9 Å². The first kappa shape index (κ1) is 15.3. The molecule has 0 aliphatic carbocycles. The van der Waals surface area contributed by atoms with E-state index in [0.29, 0.717) is 0 Å². The number of ketones is 1. The molecule has 20 heavy (non-hydrogen) atoms. The molecule has 0 spiro atoms. The Morgan fingerprint density at radius 1 is 1.15 bits per heavy atom. The quantitative estimate of drug-likeness (QED) is 0.250. The second-order valence-electron chi connectivity index (χ2n) is 3.64. The third kappa shape index (κ3) is 4.48. The van der Waals surface area contributed by atoms with Crippen LogP contribution in [0.25, 0.3) is 0 Å². The van der Waals surface area contributed by atoms with Gasteiger partial charge in [-0.1, -0.05) is 0 Å². The van der Waals surface area contributed by atoms with Crippen molar-refractivity contribution in [3.8, 4) is 0 Å². The number of ether oxygens (including phenoxy) is 2. The highest BCUT2D eigenvalue weighted by Crippen LogP contribution is 2.12. The first-order chi connectivity index (χ1) is 9.43. The molecular formula is C12H11NO7. The van der Waals surface area contributed by atoms with Crippen molar-refractivity contribution in [1.82, 2.24) is 0 Å². The minimum Gasteiger partial charge on any atom is -0.469 e. The van der Waals surface area contributed by atoms with Gasteiger partial charge in [-0.05, 0) is 12.1 Å². The summed E-state index contributed by atoms with van der Waals surface area (Å²) < 4.78 is 8.84. The summed E-state index contributed by atoms with van der Waals surface area (Å²) in [5, 5.41) is 10.4. The van der Waals surface area contributed by atoms with Gasteiger partial charge in [0.2, 0.25) is 0 Å². The van der Waals surface area contributed by atoms with Crippen molar-refractivity contribution in [1.29, 1.82) is 0 Å². The second kappa shape index (κ2) is 6.98. The predicted octanol–water partition coefficient (Wildman–Crippen LogP) is 0.884. The molecule has 106 valence electrons. The lowest BCUT2D eigenvalue weighted by Crippen LogP contribution is -2.17. The summed E-state index contributed by atoms with van der Waals surface area (Å²) in [6.07, 6.45) is -0.579. The van der Waals surface area contributed by atoms with Gasteiger partial charge in [0, 0.05) is 17.7 Å². The van der Waals surface area contributed by atoms with Crippen molar-refractivity contribution >= 4 is 23.4 Å². The molecule has 1 aromatic carbocycles. The van der Waals surface area contributed by atoms with Crippen LogP contribution in [-0.4, -0.2) is 36.4 Å². The number of hydrogen-bond acceptors (Lipinski definition) is 7. The number of Topliss-reactive ketones (excluding diaryl/α,β-unsaturated/α-hetero) is 1. The Bertz CT molecular complexity index is 535. The van der Waals surface area contributed by atoms with Crippen LogP contribution >= 0.6 is 0 Å². The largest absolute Gasteiger partial charge is 0.469 e. The number of non-ortho nitro benzene ring substituents is 1. The molecule has 0 saturated carbocycles. The fourth-order valence-corrected chi connectivity index (χ4v) is 1.24. The van der Waals surface area contributed by atoms with Crippen molar-refractivity contribution in [3.63, 3.8) is 0 Å². The van der Waals surface area contributed by atoms with Crippen LogP contribution in [0.1, 0.15) is 16.8 Å². The fourth-order valence-electron chi connectivity index (χ4n) is 1.24. The van der Waals surface area contributed by atoms with E-state index < -0.39 is 35.7 Å². The molecule has 0 aliphatic heterocycles. The van der Waals surface area contributed by atoms with Crippen LogP contribution in [0.2, 0.25) is 0 Å². The number of hydrogen-bond donors (Lipinski definition) is 0. The minimum atomic E-state index is -0.882. The lowest BCUT2D eigenvalue weighted by atomic mass is 10.1. The second-order valence-corrected chi connectivity index (χ2v) is 3.64. The van der Waals surface area contributed by atoms with Crippen LogP contribution in [0.5, 0.6) is 0 Å². The molecule has 0 unspecified atom stereocenters. The number of nitro benzene ring substituents is 1. The van der Waals surface area contributed by atoms with Crippen LogP contribution in [0.4, 0.5) is 5.69 Å². The minimum absolute atomic E-state index is 0.149. The molecule has 0 aliphatic rings. The number of carbonyl (C=O) groups excluding carboxylic acids is 3. The van der Waals surface area contributed by atoms with Gasteiger partial charge in [-0.3, -0.25) is 24.5 Å². The molecule has 0 saturated heterocycles. The SMILES string of the molecule is COC(=O)CC(=O)OCC(=O)c1ccc([N+](=O)[O-])cc1. The number of nitrogens with zero attached hydrogens (tertiary/aromatic N) is 1. The van der Waals surface area contributed by atoms with Gasteiger partial charge < -0.3 is 9.47 Å². The third-order valence-corrected chi connectivity index (χ3v) is 2.28. The highest BCUT2D eigenvalue weighted by molar-refractivity contribution is 5.99. The van der Waals surface area contributed by atoms with E-state index in [1.165, 1.54) is 24.3 Å². The summed E-state index contributed by atoms with van der Waals surface area (Å²) in [6.45, 7) is -0.548. The maximum absolute atomic E-state index is 11.6. The average Bonchev–Trinajstić information content (AvgIpc) is 2.44. The zero-order chi connectivity index (χ0) is 15.1. The highest BCUT2D eigenvalue weighted by Gasteiger charge is 2.14. The Kier molecular flexibility index (Phi) is 5.33. The number of methoxy groups -OCH3 is 1. The highest BCUT2D eigenvalue weighted by atomic mass is 16.6. The molecule has 0 amide bonds. The fraction of sp³-hybridized carbons (Fsp3) is 0.250. The van der Waals surface area contributed by atoms with Crippen molar-refractivity contribution in [2.24, 2.45) is 0 Å². The topological polar surface area (TPSA) is 113 Å². The molecule has 0 fully saturated rings. The predicted molar refractivity (Wildman–Crippen MR) is 65.0 cm³/mol. The third-order valence-electron chi connectivity index (χ3n) is 2.28. The molecule has 0 bridgehead atoms. The Morgan fingerprint density at radius 3 is 2.25 bits per heavy atom. The Hall–Kier alpha value is -2.77. The summed E-state index contributed by atoms with van der Waals surface area (Å²) in [6, 6.07) is 4.86. The van der Waals surface area contributed by atoms with E-state index in [4.69, 9.17) is 0 Å². The van der Waals surface area contributed by atoms with Gasteiger partial charge in [-0.2, -0.15) is 0 Å². The number of benzene rings is 1. The molecule has 1 rings (SSSR count). The summed E-state index contributed by atoms with van der Waals surface area (Å²) in [5.74, 6) is -2.18. The zero-order valence-electron chi connectivity index (χ0n) is 10.5. The maximum atomic E-state index is 11.6. The molecule has 0 radical (unpaired) electrons. The van der Waals surface area contributed by atoms with Gasteiger partial charge in [0.05, 0.1) is 12.0 Å². The van der Waals surface area contributed by atoms with Gasteiger partial charge in [-0.25, -0.2) is 0 Å². The van der Waals surface area contributed by atoms with Gasteiger partial charge in [0.15, 0.2) is 12.4 Å². The van der Waals surface area contributed by atoms with Crippen LogP contribution < -0.4 is 0 Å². The van der Waals surface area contributed by atoms with Crippen LogP contribution in [0.3, 0.4) is 0 Å². The molecule has 8 nitrogen and oxygen atoms in total. The van der Waals surface area contributed by atoms with Crippen molar-refractivity contribution < 1.29 is 28.8 Å². The summed E-state index contributed by atoms with van der Waals surface area (Å²) in [7, 11) is 1.12. The Balaban J connectivity index is 2.52. The van der Waals surface area contributed by atoms with E-state index >= 15 is 0 Å².